The number of benzene rings is 1. The second-order valence-corrected chi connectivity index (χ2v) is 8.81. The molecule has 2 amide bonds. The summed E-state index contributed by atoms with van der Waals surface area (Å²) < 4.78 is 0. The first-order valence-corrected chi connectivity index (χ1v) is 11.2. The number of amides is 2. The van der Waals surface area contributed by atoms with Crippen LogP contribution in [0.4, 0.5) is 5.69 Å². The Labute approximate surface area is 187 Å². The molecule has 7 heteroatoms. The summed E-state index contributed by atoms with van der Waals surface area (Å²) in [6.07, 6.45) is 5.59. The van der Waals surface area contributed by atoms with Crippen LogP contribution in [0.5, 0.6) is 0 Å². The highest BCUT2D eigenvalue weighted by Gasteiger charge is 2.38. The zero-order chi connectivity index (χ0) is 22.1. The third kappa shape index (κ3) is 4.02. The number of nitrogens with zero attached hydrogens (tertiary/aromatic N) is 4. The van der Waals surface area contributed by atoms with Gasteiger partial charge in [-0.1, -0.05) is 18.2 Å². The summed E-state index contributed by atoms with van der Waals surface area (Å²) in [5.41, 5.74) is 9.86. The first-order chi connectivity index (χ1) is 15.6. The van der Waals surface area contributed by atoms with Gasteiger partial charge in [0.15, 0.2) is 0 Å². The van der Waals surface area contributed by atoms with Gasteiger partial charge in [0.05, 0.1) is 22.8 Å². The predicted octanol–water partition coefficient (Wildman–Crippen LogP) is 2.97. The maximum atomic E-state index is 13.3. The molecule has 2 aromatic heterocycles. The van der Waals surface area contributed by atoms with Gasteiger partial charge in [-0.3, -0.25) is 19.6 Å². The number of hydrogen-bond acceptors (Lipinski definition) is 5. The van der Waals surface area contributed by atoms with Crippen molar-refractivity contribution in [1.29, 1.82) is 0 Å². The second kappa shape index (κ2) is 8.57. The van der Waals surface area contributed by atoms with E-state index in [0.29, 0.717) is 25.3 Å². The van der Waals surface area contributed by atoms with Gasteiger partial charge in [-0.05, 0) is 42.7 Å². The molecule has 2 aliphatic heterocycles. The zero-order valence-corrected chi connectivity index (χ0v) is 18.0. The summed E-state index contributed by atoms with van der Waals surface area (Å²) >= 11 is 0. The van der Waals surface area contributed by atoms with Gasteiger partial charge in [-0.15, -0.1) is 0 Å². The molecule has 0 spiro atoms. The molecular formula is C25H27N5O2. The highest BCUT2D eigenvalue weighted by molar-refractivity contribution is 5.89. The summed E-state index contributed by atoms with van der Waals surface area (Å²) in [6, 6.07) is 13.7. The Bertz CT molecular complexity index is 1150. The van der Waals surface area contributed by atoms with Gasteiger partial charge in [-0.2, -0.15) is 0 Å². The Morgan fingerprint density at radius 3 is 2.78 bits per heavy atom. The molecular weight excluding hydrogens is 402 g/mol. The standard InChI is InChI=1S/C25H27N5O2/c26-21-12-18-4-1-2-6-22(18)28-24(21)19-5-3-11-29(15-19)25(32)20-13-23(31)30(16-20)14-17-7-9-27-10-8-17/h1-2,4,6-10,12,19-20H,3,5,11,13-16,26H2/t19-,20-/m1/s1. The van der Waals surface area contributed by atoms with Crippen LogP contribution in [-0.2, 0) is 16.1 Å². The fourth-order valence-electron chi connectivity index (χ4n) is 4.93. The van der Waals surface area contributed by atoms with E-state index in [1.54, 1.807) is 17.3 Å². The van der Waals surface area contributed by atoms with Crippen LogP contribution < -0.4 is 5.73 Å². The lowest BCUT2D eigenvalue weighted by Crippen LogP contribution is -2.43. The fourth-order valence-corrected chi connectivity index (χ4v) is 4.93. The van der Waals surface area contributed by atoms with Crippen molar-refractivity contribution in [1.82, 2.24) is 19.8 Å². The Morgan fingerprint density at radius 1 is 1.12 bits per heavy atom. The summed E-state index contributed by atoms with van der Waals surface area (Å²) in [5.74, 6) is -0.0684. The number of rotatable bonds is 4. The minimum Gasteiger partial charge on any atom is -0.397 e. The first kappa shape index (κ1) is 20.4. The molecule has 0 radical (unpaired) electrons. The van der Waals surface area contributed by atoms with E-state index in [0.717, 1.165) is 41.5 Å². The summed E-state index contributed by atoms with van der Waals surface area (Å²) in [4.78, 5) is 38.4. The summed E-state index contributed by atoms with van der Waals surface area (Å²) in [5, 5.41) is 1.02. The molecule has 164 valence electrons. The first-order valence-electron chi connectivity index (χ1n) is 11.2. The quantitative estimate of drug-likeness (QED) is 0.688. The molecule has 5 rings (SSSR count). The molecule has 2 atom stereocenters. The normalized spacial score (nSPS) is 21.3. The molecule has 2 fully saturated rings. The third-order valence-corrected chi connectivity index (χ3v) is 6.59. The molecule has 3 aromatic rings. The molecule has 7 nitrogen and oxygen atoms in total. The van der Waals surface area contributed by atoms with Crippen molar-refractivity contribution in [2.24, 2.45) is 5.92 Å². The maximum Gasteiger partial charge on any atom is 0.228 e. The number of piperidine rings is 1. The number of nitrogen functional groups attached to an aromatic ring is 1. The van der Waals surface area contributed by atoms with Gasteiger partial charge in [-0.25, -0.2) is 0 Å². The van der Waals surface area contributed by atoms with Crippen LogP contribution in [0.25, 0.3) is 10.9 Å². The molecule has 0 aliphatic carbocycles. The molecule has 2 saturated heterocycles. The van der Waals surface area contributed by atoms with Crippen LogP contribution in [0.2, 0.25) is 0 Å². The van der Waals surface area contributed by atoms with Crippen LogP contribution in [0.3, 0.4) is 0 Å². The Morgan fingerprint density at radius 2 is 1.94 bits per heavy atom. The minimum absolute atomic E-state index is 0.0363. The maximum absolute atomic E-state index is 13.3. The highest BCUT2D eigenvalue weighted by atomic mass is 16.2. The van der Waals surface area contributed by atoms with E-state index >= 15 is 0 Å². The zero-order valence-electron chi connectivity index (χ0n) is 18.0. The van der Waals surface area contributed by atoms with E-state index in [4.69, 9.17) is 10.7 Å². The van der Waals surface area contributed by atoms with Crippen LogP contribution in [-0.4, -0.2) is 51.2 Å². The van der Waals surface area contributed by atoms with Gasteiger partial charge >= 0.3 is 0 Å². The second-order valence-electron chi connectivity index (χ2n) is 8.81. The van der Waals surface area contributed by atoms with Crippen molar-refractivity contribution in [3.63, 3.8) is 0 Å². The van der Waals surface area contributed by atoms with Gasteiger partial charge in [0.2, 0.25) is 11.8 Å². The molecule has 2 N–H and O–H groups in total. The predicted molar refractivity (Wildman–Crippen MR) is 122 cm³/mol. The summed E-state index contributed by atoms with van der Waals surface area (Å²) in [7, 11) is 0. The monoisotopic (exact) mass is 429 g/mol. The van der Waals surface area contributed by atoms with Crippen molar-refractivity contribution in [3.05, 3.63) is 66.1 Å². The van der Waals surface area contributed by atoms with Crippen LogP contribution in [0.15, 0.2) is 54.9 Å². The number of carbonyl (C=O) groups is 2. The van der Waals surface area contributed by atoms with E-state index in [1.807, 2.05) is 47.4 Å². The van der Waals surface area contributed by atoms with E-state index in [9.17, 15) is 9.59 Å². The largest absolute Gasteiger partial charge is 0.397 e. The average molecular weight is 430 g/mol. The SMILES string of the molecule is Nc1cc2ccccc2nc1[C@@H]1CCCN(C(=O)[C@@H]2CC(=O)N(Cc3ccncc3)C2)C1. The molecule has 32 heavy (non-hydrogen) atoms. The highest BCUT2D eigenvalue weighted by Crippen LogP contribution is 2.33. The van der Waals surface area contributed by atoms with Crippen LogP contribution in [0, 0.1) is 5.92 Å². The number of nitrogens with two attached hydrogens (primary N) is 1. The van der Waals surface area contributed by atoms with E-state index in [1.165, 1.54) is 0 Å². The van der Waals surface area contributed by atoms with Gasteiger partial charge in [0.1, 0.15) is 0 Å². The van der Waals surface area contributed by atoms with Crippen molar-refractivity contribution in [3.8, 4) is 0 Å². The number of likely N-dealkylation sites (tertiary alicyclic amines) is 2. The number of aromatic nitrogens is 2. The third-order valence-electron chi connectivity index (χ3n) is 6.59. The van der Waals surface area contributed by atoms with Crippen molar-refractivity contribution < 1.29 is 9.59 Å². The van der Waals surface area contributed by atoms with Crippen LogP contribution in [0.1, 0.15) is 36.4 Å². The minimum atomic E-state index is -0.287. The molecule has 0 bridgehead atoms. The lowest BCUT2D eigenvalue weighted by Gasteiger charge is -2.34. The van der Waals surface area contributed by atoms with Crippen molar-refractivity contribution in [2.45, 2.75) is 31.7 Å². The molecule has 0 unspecified atom stereocenters. The topological polar surface area (TPSA) is 92.4 Å². The van der Waals surface area contributed by atoms with E-state index in [-0.39, 0.29) is 30.1 Å². The van der Waals surface area contributed by atoms with Crippen molar-refractivity contribution in [2.75, 3.05) is 25.4 Å². The lowest BCUT2D eigenvalue weighted by atomic mass is 9.91. The average Bonchev–Trinajstić information content (AvgIpc) is 3.19. The molecule has 0 saturated carbocycles. The van der Waals surface area contributed by atoms with Gasteiger partial charge in [0, 0.05) is 56.3 Å². The Balaban J connectivity index is 1.28. The number of hydrogen-bond donors (Lipinski definition) is 1. The molecule has 1 aromatic carbocycles. The van der Waals surface area contributed by atoms with Crippen molar-refractivity contribution >= 4 is 28.4 Å². The van der Waals surface area contributed by atoms with E-state index < -0.39 is 0 Å². The molecule has 2 aliphatic rings. The molecule has 4 heterocycles. The number of anilines is 1. The van der Waals surface area contributed by atoms with Gasteiger partial charge < -0.3 is 15.5 Å². The Hall–Kier alpha value is -3.48. The smallest absolute Gasteiger partial charge is 0.228 e. The number of pyridine rings is 2. The number of fused-ring (bicyclic) bond motifs is 1. The van der Waals surface area contributed by atoms with E-state index in [2.05, 4.69) is 4.98 Å². The summed E-state index contributed by atoms with van der Waals surface area (Å²) in [6.45, 7) is 2.31. The van der Waals surface area contributed by atoms with Crippen LogP contribution >= 0.6 is 0 Å². The van der Waals surface area contributed by atoms with Gasteiger partial charge in [0.25, 0.3) is 0 Å². The number of para-hydroxylation sites is 1. The number of carbonyl (C=O) groups excluding carboxylic acids is 2. The Kier molecular flexibility index (Phi) is 5.47. The fraction of sp³-hybridized carbons (Fsp3) is 0.360. The lowest BCUT2D eigenvalue weighted by molar-refractivity contribution is -0.137.